The number of methoxy groups -OCH3 is 1. The van der Waals surface area contributed by atoms with Crippen molar-refractivity contribution >= 4 is 23.2 Å². The molecule has 3 aromatic rings. The number of anilines is 2. The van der Waals surface area contributed by atoms with E-state index in [1.54, 1.807) is 12.1 Å². The van der Waals surface area contributed by atoms with Gasteiger partial charge >= 0.3 is 0 Å². The number of aromatic hydroxyl groups is 1. The van der Waals surface area contributed by atoms with Crippen molar-refractivity contribution in [2.75, 3.05) is 17.7 Å². The maximum atomic E-state index is 14.0. The number of aryl methyl sites for hydroxylation is 4. The van der Waals surface area contributed by atoms with Crippen molar-refractivity contribution in [2.24, 2.45) is 0 Å². The van der Waals surface area contributed by atoms with Gasteiger partial charge in [0.1, 0.15) is 0 Å². The first kappa shape index (κ1) is 27.5. The van der Waals surface area contributed by atoms with Gasteiger partial charge in [0.25, 0.3) is 11.8 Å². The summed E-state index contributed by atoms with van der Waals surface area (Å²) in [5.41, 5.74) is 7.94. The summed E-state index contributed by atoms with van der Waals surface area (Å²) in [7, 11) is 1.46. The maximum Gasteiger partial charge on any atom is 0.254 e. The molecule has 202 valence electrons. The third-order valence-corrected chi connectivity index (χ3v) is 7.23. The minimum Gasteiger partial charge on any atom is -0.504 e. The largest absolute Gasteiger partial charge is 0.504 e. The Bertz CT molecular complexity index is 1410. The molecule has 0 saturated carbocycles. The van der Waals surface area contributed by atoms with Crippen LogP contribution in [0.4, 0.5) is 11.4 Å². The Balaban J connectivity index is 1.85. The van der Waals surface area contributed by atoms with Crippen LogP contribution in [0.1, 0.15) is 47.6 Å². The van der Waals surface area contributed by atoms with Crippen LogP contribution < -0.4 is 20.7 Å². The molecule has 0 atom stereocenters. The van der Waals surface area contributed by atoms with Crippen LogP contribution >= 0.6 is 0 Å². The van der Waals surface area contributed by atoms with Gasteiger partial charge < -0.3 is 25.8 Å². The molecule has 0 saturated heterocycles. The molecule has 3 aromatic carbocycles. The number of nitrogens with one attached hydrogen (secondary N) is 3. The van der Waals surface area contributed by atoms with Gasteiger partial charge in [-0.15, -0.1) is 0 Å². The van der Waals surface area contributed by atoms with Crippen LogP contribution in [0.2, 0.25) is 0 Å². The Labute approximate surface area is 229 Å². The third-order valence-electron chi connectivity index (χ3n) is 7.23. The number of benzene rings is 3. The minimum absolute atomic E-state index is 0.0281. The number of dihydropyridines is 1. The number of amides is 2. The Kier molecular flexibility index (Phi) is 7.81. The first-order valence-electron chi connectivity index (χ1n) is 12.8. The SMILES string of the molecule is COc1cc(C2C(C(=O)Nc3c(C)cccc3C)=C(C)NC(C)=C2C(=O)Nc2c(C)cccc2C)ccc1O. The zero-order valence-electron chi connectivity index (χ0n) is 23.4. The molecule has 1 aliphatic heterocycles. The average Bonchev–Trinajstić information content (AvgIpc) is 2.88. The second kappa shape index (κ2) is 11.1. The number of ether oxygens (including phenoxy) is 1. The number of rotatable bonds is 6. The van der Waals surface area contributed by atoms with E-state index in [9.17, 15) is 14.7 Å². The lowest BCUT2D eigenvalue weighted by atomic mass is 9.79. The highest BCUT2D eigenvalue weighted by molar-refractivity contribution is 6.12. The van der Waals surface area contributed by atoms with Gasteiger partial charge in [-0.3, -0.25) is 9.59 Å². The second-order valence-electron chi connectivity index (χ2n) is 10.0. The molecule has 7 nitrogen and oxygen atoms in total. The van der Waals surface area contributed by atoms with Crippen molar-refractivity contribution in [1.29, 1.82) is 0 Å². The van der Waals surface area contributed by atoms with Crippen LogP contribution in [0.25, 0.3) is 0 Å². The summed E-state index contributed by atoms with van der Waals surface area (Å²) in [6, 6.07) is 16.6. The second-order valence-corrected chi connectivity index (χ2v) is 10.0. The predicted molar refractivity (Wildman–Crippen MR) is 155 cm³/mol. The topological polar surface area (TPSA) is 99.7 Å². The van der Waals surface area contributed by atoms with Crippen molar-refractivity contribution < 1.29 is 19.4 Å². The molecule has 1 heterocycles. The Morgan fingerprint density at radius 1 is 0.744 bits per heavy atom. The predicted octanol–water partition coefficient (Wildman–Crippen LogP) is 6.15. The number of phenolic OH excluding ortho intramolecular Hbond substituents is 1. The van der Waals surface area contributed by atoms with Crippen molar-refractivity contribution in [1.82, 2.24) is 5.32 Å². The fourth-order valence-corrected chi connectivity index (χ4v) is 5.19. The number of para-hydroxylation sites is 2. The molecule has 0 spiro atoms. The minimum atomic E-state index is -0.727. The van der Waals surface area contributed by atoms with Gasteiger partial charge in [0.15, 0.2) is 11.5 Å². The Hall–Kier alpha value is -4.52. The van der Waals surface area contributed by atoms with E-state index in [0.717, 1.165) is 33.6 Å². The van der Waals surface area contributed by atoms with E-state index in [1.807, 2.05) is 77.9 Å². The molecule has 0 radical (unpaired) electrons. The summed E-state index contributed by atoms with van der Waals surface area (Å²) >= 11 is 0. The van der Waals surface area contributed by atoms with Gasteiger partial charge in [-0.05, 0) is 81.5 Å². The number of phenols is 1. The zero-order chi connectivity index (χ0) is 28.4. The number of allylic oxidation sites excluding steroid dienone is 2. The van der Waals surface area contributed by atoms with Gasteiger partial charge in [0.2, 0.25) is 0 Å². The summed E-state index contributed by atoms with van der Waals surface area (Å²) in [5.74, 6) is -1.14. The van der Waals surface area contributed by atoms with Crippen molar-refractivity contribution in [3.63, 3.8) is 0 Å². The Morgan fingerprint density at radius 3 is 1.59 bits per heavy atom. The molecular weight excluding hydrogens is 490 g/mol. The molecule has 1 aliphatic rings. The molecule has 7 heteroatoms. The molecule has 0 aromatic heterocycles. The summed E-state index contributed by atoms with van der Waals surface area (Å²) in [6.07, 6.45) is 0. The van der Waals surface area contributed by atoms with Crippen LogP contribution in [0.15, 0.2) is 77.1 Å². The number of hydrogen-bond donors (Lipinski definition) is 4. The molecule has 0 fully saturated rings. The lowest BCUT2D eigenvalue weighted by Crippen LogP contribution is -2.35. The first-order chi connectivity index (χ1) is 18.5. The van der Waals surface area contributed by atoms with Gasteiger partial charge in [-0.2, -0.15) is 0 Å². The number of hydrogen-bond acceptors (Lipinski definition) is 5. The van der Waals surface area contributed by atoms with E-state index in [1.165, 1.54) is 13.2 Å². The molecular formula is C32H35N3O4. The smallest absolute Gasteiger partial charge is 0.254 e. The van der Waals surface area contributed by atoms with E-state index in [-0.39, 0.29) is 23.3 Å². The maximum absolute atomic E-state index is 14.0. The molecule has 0 unspecified atom stereocenters. The monoisotopic (exact) mass is 525 g/mol. The first-order valence-corrected chi connectivity index (χ1v) is 12.8. The van der Waals surface area contributed by atoms with E-state index in [2.05, 4.69) is 16.0 Å². The molecule has 0 aliphatic carbocycles. The van der Waals surface area contributed by atoms with Crippen LogP contribution in [-0.2, 0) is 9.59 Å². The number of carbonyl (C=O) groups excluding carboxylic acids is 2. The molecule has 4 N–H and O–H groups in total. The number of carbonyl (C=O) groups is 2. The lowest BCUT2D eigenvalue weighted by molar-refractivity contribution is -0.113. The summed E-state index contributed by atoms with van der Waals surface area (Å²) in [4.78, 5) is 28.0. The van der Waals surface area contributed by atoms with E-state index in [0.29, 0.717) is 28.1 Å². The fraction of sp³-hybridized carbons (Fsp3) is 0.250. The standard InChI is InChI=1S/C32H35N3O4/c1-17-10-8-11-18(2)29(17)34-31(37)26-21(5)33-22(6)27(28(26)23-14-15-24(36)25(16-23)39-7)32(38)35-30-19(3)12-9-13-20(30)4/h8-16,28,33,36H,1-7H3,(H,34,37)(H,35,38). The summed E-state index contributed by atoms with van der Waals surface area (Å²) < 4.78 is 5.38. The molecule has 0 bridgehead atoms. The lowest BCUT2D eigenvalue weighted by Gasteiger charge is -2.32. The van der Waals surface area contributed by atoms with E-state index >= 15 is 0 Å². The van der Waals surface area contributed by atoms with Crippen molar-refractivity contribution in [2.45, 2.75) is 47.5 Å². The summed E-state index contributed by atoms with van der Waals surface area (Å²) in [5, 5.41) is 19.7. The quantitative estimate of drug-likeness (QED) is 0.310. The highest BCUT2D eigenvalue weighted by Crippen LogP contribution is 2.42. The molecule has 2 amide bonds. The molecule has 39 heavy (non-hydrogen) atoms. The van der Waals surface area contributed by atoms with Gasteiger partial charge in [-0.1, -0.05) is 42.5 Å². The highest BCUT2D eigenvalue weighted by atomic mass is 16.5. The van der Waals surface area contributed by atoms with Crippen LogP contribution in [0.3, 0.4) is 0 Å². The van der Waals surface area contributed by atoms with Crippen LogP contribution in [0.5, 0.6) is 11.5 Å². The average molecular weight is 526 g/mol. The molecule has 4 rings (SSSR count). The van der Waals surface area contributed by atoms with Gasteiger partial charge in [0.05, 0.1) is 7.11 Å². The normalized spacial score (nSPS) is 13.7. The fourth-order valence-electron chi connectivity index (χ4n) is 5.19. The highest BCUT2D eigenvalue weighted by Gasteiger charge is 2.37. The van der Waals surface area contributed by atoms with E-state index in [4.69, 9.17) is 4.74 Å². The van der Waals surface area contributed by atoms with Crippen molar-refractivity contribution in [3.05, 3.63) is 105 Å². The third kappa shape index (κ3) is 5.39. The summed E-state index contributed by atoms with van der Waals surface area (Å²) in [6.45, 7) is 11.4. The van der Waals surface area contributed by atoms with Crippen molar-refractivity contribution in [3.8, 4) is 11.5 Å². The van der Waals surface area contributed by atoms with E-state index < -0.39 is 5.92 Å². The van der Waals surface area contributed by atoms with Crippen LogP contribution in [0, 0.1) is 27.7 Å². The Morgan fingerprint density at radius 2 is 1.18 bits per heavy atom. The van der Waals surface area contributed by atoms with Gasteiger partial charge in [-0.25, -0.2) is 0 Å². The van der Waals surface area contributed by atoms with Crippen LogP contribution in [-0.4, -0.2) is 24.0 Å². The van der Waals surface area contributed by atoms with Gasteiger partial charge in [0, 0.05) is 39.8 Å². The zero-order valence-corrected chi connectivity index (χ0v) is 23.4.